The molecule has 0 fully saturated rings. The molecule has 0 unspecified atom stereocenters. The van der Waals surface area contributed by atoms with Crippen LogP contribution in [0.1, 0.15) is 27.0 Å². The van der Waals surface area contributed by atoms with Gasteiger partial charge in [-0.3, -0.25) is 9.59 Å². The highest BCUT2D eigenvalue weighted by Crippen LogP contribution is 2.38. The Morgan fingerprint density at radius 1 is 1.03 bits per heavy atom. The van der Waals surface area contributed by atoms with Crippen molar-refractivity contribution < 1.29 is 27.5 Å². The minimum atomic E-state index is -4.42. The monoisotopic (exact) mass is 457 g/mol. The molecule has 1 aliphatic rings. The van der Waals surface area contributed by atoms with Gasteiger partial charge >= 0.3 is 12.1 Å². The third kappa shape index (κ3) is 4.50. The third-order valence-electron chi connectivity index (χ3n) is 5.16. The van der Waals surface area contributed by atoms with Crippen LogP contribution in [-0.2, 0) is 28.7 Å². The van der Waals surface area contributed by atoms with Gasteiger partial charge in [-0.25, -0.2) is 0 Å². The molecule has 1 aliphatic heterocycles. The van der Waals surface area contributed by atoms with Crippen molar-refractivity contribution in [3.63, 3.8) is 0 Å². The molecule has 164 valence electrons. The van der Waals surface area contributed by atoms with Crippen LogP contribution in [0.15, 0.2) is 76.5 Å². The van der Waals surface area contributed by atoms with Crippen molar-refractivity contribution in [2.45, 2.75) is 28.9 Å². The zero-order chi connectivity index (χ0) is 22.9. The average Bonchev–Trinajstić information content (AvgIpc) is 3.12. The van der Waals surface area contributed by atoms with Crippen molar-refractivity contribution in [1.29, 1.82) is 0 Å². The van der Waals surface area contributed by atoms with Crippen LogP contribution < -0.4 is 4.90 Å². The number of benzene rings is 3. The van der Waals surface area contributed by atoms with E-state index in [1.165, 1.54) is 35.9 Å². The topological polar surface area (TPSA) is 46.6 Å². The van der Waals surface area contributed by atoms with Gasteiger partial charge < -0.3 is 9.64 Å². The number of hydrogen-bond donors (Lipinski definition) is 0. The van der Waals surface area contributed by atoms with E-state index in [2.05, 4.69) is 4.74 Å². The fourth-order valence-corrected chi connectivity index (χ4v) is 4.45. The molecule has 0 aliphatic carbocycles. The Labute approximate surface area is 187 Å². The van der Waals surface area contributed by atoms with Gasteiger partial charge in [0.25, 0.3) is 5.91 Å². The second-order valence-electron chi connectivity index (χ2n) is 7.22. The molecule has 3 aromatic rings. The van der Waals surface area contributed by atoms with Crippen LogP contribution in [0.2, 0.25) is 0 Å². The zero-order valence-electron chi connectivity index (χ0n) is 17.0. The van der Waals surface area contributed by atoms with E-state index in [1.54, 1.807) is 12.1 Å². The Balaban J connectivity index is 1.54. The number of carbonyl (C=O) groups excluding carboxylic acids is 2. The van der Waals surface area contributed by atoms with Gasteiger partial charge in [-0.05, 0) is 59.7 Å². The molecule has 0 saturated carbocycles. The standard InChI is InChI=1S/C24H18F3NO3S/c1-31-22(29)13-15-5-11-18(12-6-15)32-21-4-2-3-19-20(21)14-28(23(19)30)17-9-7-16(8-10-17)24(25,26)27/h2-12H,13-14H2,1H3. The Kier molecular flexibility index (Phi) is 5.97. The SMILES string of the molecule is COC(=O)Cc1ccc(Sc2cccc3c2CN(c2ccc(C(F)(F)F)cc2)C3=O)cc1. The lowest BCUT2D eigenvalue weighted by Gasteiger charge is -2.17. The molecule has 0 atom stereocenters. The summed E-state index contributed by atoms with van der Waals surface area (Å²) in [5.41, 5.74) is 1.88. The van der Waals surface area contributed by atoms with Gasteiger partial charge in [0.2, 0.25) is 0 Å². The summed E-state index contributed by atoms with van der Waals surface area (Å²) in [4.78, 5) is 27.6. The minimum Gasteiger partial charge on any atom is -0.469 e. The molecule has 4 rings (SSSR count). The molecule has 0 saturated heterocycles. The van der Waals surface area contributed by atoms with E-state index in [-0.39, 0.29) is 24.8 Å². The van der Waals surface area contributed by atoms with Gasteiger partial charge in [0.05, 0.1) is 25.6 Å². The highest BCUT2D eigenvalue weighted by molar-refractivity contribution is 7.99. The number of amides is 1. The predicted octanol–water partition coefficient (Wildman–Crippen LogP) is 5.73. The van der Waals surface area contributed by atoms with Crippen LogP contribution in [0.4, 0.5) is 18.9 Å². The first-order valence-corrected chi connectivity index (χ1v) is 10.5. The van der Waals surface area contributed by atoms with Gasteiger partial charge in [-0.15, -0.1) is 0 Å². The number of methoxy groups -OCH3 is 1. The van der Waals surface area contributed by atoms with Crippen LogP contribution in [0.5, 0.6) is 0 Å². The largest absolute Gasteiger partial charge is 0.469 e. The summed E-state index contributed by atoms with van der Waals surface area (Å²) >= 11 is 1.49. The number of ether oxygens (including phenoxy) is 1. The van der Waals surface area contributed by atoms with Gasteiger partial charge in [-0.2, -0.15) is 13.2 Å². The summed E-state index contributed by atoms with van der Waals surface area (Å²) in [5, 5.41) is 0. The van der Waals surface area contributed by atoms with Crippen molar-refractivity contribution in [3.8, 4) is 0 Å². The predicted molar refractivity (Wildman–Crippen MR) is 115 cm³/mol. The number of nitrogens with zero attached hydrogens (tertiary/aromatic N) is 1. The van der Waals surface area contributed by atoms with E-state index in [0.29, 0.717) is 11.3 Å². The molecule has 8 heteroatoms. The highest BCUT2D eigenvalue weighted by Gasteiger charge is 2.33. The summed E-state index contributed by atoms with van der Waals surface area (Å²) < 4.78 is 43.2. The maximum atomic E-state index is 12.9. The van der Waals surface area contributed by atoms with E-state index in [9.17, 15) is 22.8 Å². The molecule has 0 spiro atoms. The van der Waals surface area contributed by atoms with Gasteiger partial charge in [0.1, 0.15) is 0 Å². The van der Waals surface area contributed by atoms with Crippen molar-refractivity contribution in [2.24, 2.45) is 0 Å². The van der Waals surface area contributed by atoms with Crippen molar-refractivity contribution >= 4 is 29.3 Å². The van der Waals surface area contributed by atoms with E-state index in [4.69, 9.17) is 0 Å². The Morgan fingerprint density at radius 2 is 1.72 bits per heavy atom. The van der Waals surface area contributed by atoms with Crippen LogP contribution in [0.3, 0.4) is 0 Å². The second-order valence-corrected chi connectivity index (χ2v) is 8.33. The van der Waals surface area contributed by atoms with Crippen molar-refractivity contribution in [2.75, 3.05) is 12.0 Å². The number of halogens is 3. The number of hydrogen-bond acceptors (Lipinski definition) is 4. The van der Waals surface area contributed by atoms with E-state index in [1.807, 2.05) is 30.3 Å². The normalized spacial score (nSPS) is 13.2. The smallest absolute Gasteiger partial charge is 0.416 e. The number of esters is 1. The fraction of sp³-hybridized carbons (Fsp3) is 0.167. The molecule has 1 heterocycles. The lowest BCUT2D eigenvalue weighted by Crippen LogP contribution is -2.23. The van der Waals surface area contributed by atoms with E-state index < -0.39 is 11.7 Å². The maximum absolute atomic E-state index is 12.9. The van der Waals surface area contributed by atoms with Gasteiger partial charge in [0, 0.05) is 21.0 Å². The minimum absolute atomic E-state index is 0.193. The summed E-state index contributed by atoms with van der Waals surface area (Å²) in [6.07, 6.45) is -4.23. The summed E-state index contributed by atoms with van der Waals surface area (Å²) in [6.45, 7) is 0.281. The molecule has 0 radical (unpaired) electrons. The molecule has 3 aromatic carbocycles. The average molecular weight is 457 g/mol. The van der Waals surface area contributed by atoms with E-state index in [0.717, 1.165) is 33.1 Å². The molecular formula is C24H18F3NO3S. The van der Waals surface area contributed by atoms with Gasteiger partial charge in [0.15, 0.2) is 0 Å². The van der Waals surface area contributed by atoms with Crippen LogP contribution >= 0.6 is 11.8 Å². The molecule has 0 bridgehead atoms. The molecule has 4 nitrogen and oxygen atoms in total. The third-order valence-corrected chi connectivity index (χ3v) is 6.27. The first-order valence-electron chi connectivity index (χ1n) is 9.71. The summed E-state index contributed by atoms with van der Waals surface area (Å²) in [7, 11) is 1.35. The number of rotatable bonds is 5. The summed E-state index contributed by atoms with van der Waals surface area (Å²) in [5.74, 6) is -0.552. The lowest BCUT2D eigenvalue weighted by molar-refractivity contribution is -0.140. The molecule has 0 N–H and O–H groups in total. The van der Waals surface area contributed by atoms with Crippen LogP contribution in [0.25, 0.3) is 0 Å². The van der Waals surface area contributed by atoms with Gasteiger partial charge in [-0.1, -0.05) is 30.0 Å². The lowest BCUT2D eigenvalue weighted by atomic mass is 10.1. The molecular weight excluding hydrogens is 439 g/mol. The first-order chi connectivity index (χ1) is 15.3. The maximum Gasteiger partial charge on any atom is 0.416 e. The van der Waals surface area contributed by atoms with Crippen LogP contribution in [0, 0.1) is 0 Å². The van der Waals surface area contributed by atoms with E-state index >= 15 is 0 Å². The molecule has 1 amide bonds. The highest BCUT2D eigenvalue weighted by atomic mass is 32.2. The van der Waals surface area contributed by atoms with Crippen LogP contribution in [-0.4, -0.2) is 19.0 Å². The number of fused-ring (bicyclic) bond motifs is 1. The summed E-state index contributed by atoms with van der Waals surface area (Å²) in [6, 6.07) is 17.5. The molecule has 0 aromatic heterocycles. The number of carbonyl (C=O) groups is 2. The second kappa shape index (κ2) is 8.70. The van der Waals surface area contributed by atoms with Crippen molar-refractivity contribution in [3.05, 3.63) is 89.0 Å². The molecule has 32 heavy (non-hydrogen) atoms. The Hall–Kier alpha value is -3.26. The number of alkyl halides is 3. The quantitative estimate of drug-likeness (QED) is 0.459. The Bertz CT molecular complexity index is 1160. The van der Waals surface area contributed by atoms with Crippen molar-refractivity contribution in [1.82, 2.24) is 0 Å². The fourth-order valence-electron chi connectivity index (χ4n) is 3.48. The zero-order valence-corrected chi connectivity index (χ0v) is 17.8. The number of anilines is 1. The Morgan fingerprint density at radius 3 is 2.34 bits per heavy atom. The first kappa shape index (κ1) is 22.0.